The molecule has 106 valence electrons. The predicted octanol–water partition coefficient (Wildman–Crippen LogP) is 1.98. The van der Waals surface area contributed by atoms with Crippen molar-refractivity contribution in [2.75, 3.05) is 4.72 Å². The number of aromatic amines is 1. The van der Waals surface area contributed by atoms with E-state index in [1.807, 2.05) is 0 Å². The molecule has 0 unspecified atom stereocenters. The number of carbonyl (C=O) groups is 1. The molecule has 0 atom stereocenters. The number of carboxylic acid groups (broad SMARTS) is 1. The summed E-state index contributed by atoms with van der Waals surface area (Å²) >= 11 is 3.13. The van der Waals surface area contributed by atoms with Gasteiger partial charge in [0.15, 0.2) is 0 Å². The SMILES string of the molecule is Cc1[nH]cc(NS(=O)(=O)c2cncc(Br)c2)c1C(=O)O. The fourth-order valence-corrected chi connectivity index (χ4v) is 3.19. The minimum atomic E-state index is -3.90. The van der Waals surface area contributed by atoms with Gasteiger partial charge in [0, 0.05) is 28.8 Å². The Bertz CT molecular complexity index is 770. The first-order valence-electron chi connectivity index (χ1n) is 5.36. The van der Waals surface area contributed by atoms with Gasteiger partial charge >= 0.3 is 5.97 Å². The monoisotopic (exact) mass is 359 g/mol. The highest BCUT2D eigenvalue weighted by molar-refractivity contribution is 9.10. The molecule has 0 saturated heterocycles. The molecular weight excluding hydrogens is 350 g/mol. The maximum atomic E-state index is 12.2. The zero-order chi connectivity index (χ0) is 14.9. The average Bonchev–Trinajstić information content (AvgIpc) is 2.69. The lowest BCUT2D eigenvalue weighted by atomic mass is 10.2. The van der Waals surface area contributed by atoms with Crippen LogP contribution in [0.4, 0.5) is 5.69 Å². The first-order chi connectivity index (χ1) is 9.31. The number of hydrogen-bond acceptors (Lipinski definition) is 4. The number of sulfonamides is 1. The lowest BCUT2D eigenvalue weighted by Crippen LogP contribution is -2.15. The summed E-state index contributed by atoms with van der Waals surface area (Å²) in [5, 5.41) is 9.07. The summed E-state index contributed by atoms with van der Waals surface area (Å²) in [4.78, 5) is 17.5. The number of pyridine rings is 1. The Morgan fingerprint density at radius 3 is 2.75 bits per heavy atom. The van der Waals surface area contributed by atoms with Gasteiger partial charge in [-0.1, -0.05) is 0 Å². The van der Waals surface area contributed by atoms with Crippen LogP contribution >= 0.6 is 15.9 Å². The second kappa shape index (κ2) is 5.25. The Morgan fingerprint density at radius 2 is 2.15 bits per heavy atom. The summed E-state index contributed by atoms with van der Waals surface area (Å²) < 4.78 is 27.1. The summed E-state index contributed by atoms with van der Waals surface area (Å²) in [6.45, 7) is 1.54. The van der Waals surface area contributed by atoms with Gasteiger partial charge in [0.25, 0.3) is 10.0 Å². The summed E-state index contributed by atoms with van der Waals surface area (Å²) in [7, 11) is -3.90. The van der Waals surface area contributed by atoms with E-state index in [2.05, 4.69) is 30.6 Å². The predicted molar refractivity (Wildman–Crippen MR) is 75.2 cm³/mol. The van der Waals surface area contributed by atoms with E-state index >= 15 is 0 Å². The van der Waals surface area contributed by atoms with Gasteiger partial charge in [-0.3, -0.25) is 9.71 Å². The van der Waals surface area contributed by atoms with Gasteiger partial charge in [0.2, 0.25) is 0 Å². The van der Waals surface area contributed by atoms with Crippen LogP contribution < -0.4 is 4.72 Å². The van der Waals surface area contributed by atoms with Gasteiger partial charge in [-0.15, -0.1) is 0 Å². The van der Waals surface area contributed by atoms with Crippen molar-refractivity contribution in [1.82, 2.24) is 9.97 Å². The van der Waals surface area contributed by atoms with Gasteiger partial charge in [0.1, 0.15) is 10.5 Å². The molecule has 0 radical (unpaired) electrons. The number of aromatic carboxylic acids is 1. The number of nitrogens with zero attached hydrogens (tertiary/aromatic N) is 1. The van der Waals surface area contributed by atoms with Crippen LogP contribution in [0.15, 0.2) is 34.0 Å². The minimum Gasteiger partial charge on any atom is -0.478 e. The van der Waals surface area contributed by atoms with Crippen molar-refractivity contribution < 1.29 is 18.3 Å². The molecule has 0 aliphatic rings. The molecule has 0 spiro atoms. The van der Waals surface area contributed by atoms with Crippen LogP contribution in [-0.2, 0) is 10.0 Å². The van der Waals surface area contributed by atoms with E-state index in [1.54, 1.807) is 6.92 Å². The molecule has 7 nitrogen and oxygen atoms in total. The highest BCUT2D eigenvalue weighted by Crippen LogP contribution is 2.23. The number of anilines is 1. The molecule has 2 heterocycles. The molecule has 3 N–H and O–H groups in total. The van der Waals surface area contributed by atoms with Gasteiger partial charge in [-0.05, 0) is 28.9 Å². The van der Waals surface area contributed by atoms with Crippen molar-refractivity contribution in [3.8, 4) is 0 Å². The number of halogens is 1. The summed E-state index contributed by atoms with van der Waals surface area (Å²) in [5.41, 5.74) is 0.231. The Balaban J connectivity index is 2.41. The third kappa shape index (κ3) is 2.83. The third-order valence-corrected chi connectivity index (χ3v) is 4.29. The number of nitrogens with one attached hydrogen (secondary N) is 2. The van der Waals surface area contributed by atoms with Crippen molar-refractivity contribution in [1.29, 1.82) is 0 Å². The topological polar surface area (TPSA) is 112 Å². The zero-order valence-corrected chi connectivity index (χ0v) is 12.6. The molecule has 20 heavy (non-hydrogen) atoms. The molecule has 0 fully saturated rings. The zero-order valence-electron chi connectivity index (χ0n) is 10.2. The van der Waals surface area contributed by atoms with E-state index < -0.39 is 16.0 Å². The van der Waals surface area contributed by atoms with Gasteiger partial charge in [-0.2, -0.15) is 0 Å². The fraction of sp³-hybridized carbons (Fsp3) is 0.0909. The smallest absolute Gasteiger partial charge is 0.339 e. The number of H-pyrrole nitrogens is 1. The number of hydrogen-bond donors (Lipinski definition) is 3. The molecular formula is C11H10BrN3O4S. The Morgan fingerprint density at radius 1 is 1.45 bits per heavy atom. The van der Waals surface area contributed by atoms with Crippen molar-refractivity contribution in [2.45, 2.75) is 11.8 Å². The number of rotatable bonds is 4. The molecule has 0 aliphatic carbocycles. The van der Waals surface area contributed by atoms with E-state index in [-0.39, 0.29) is 16.1 Å². The Hall–Kier alpha value is -1.87. The number of aromatic nitrogens is 2. The quantitative estimate of drug-likeness (QED) is 0.772. The fourth-order valence-electron chi connectivity index (χ4n) is 1.63. The van der Waals surface area contributed by atoms with E-state index in [9.17, 15) is 13.2 Å². The lowest BCUT2D eigenvalue weighted by molar-refractivity contribution is 0.0697. The molecule has 0 amide bonds. The third-order valence-electron chi connectivity index (χ3n) is 2.53. The summed E-state index contributed by atoms with van der Waals surface area (Å²) in [6, 6.07) is 1.37. The summed E-state index contributed by atoms with van der Waals surface area (Å²) in [6.07, 6.45) is 3.91. The molecule has 0 aromatic carbocycles. The van der Waals surface area contributed by atoms with E-state index in [4.69, 9.17) is 5.11 Å². The number of aryl methyl sites for hydroxylation is 1. The molecule has 2 aromatic rings. The van der Waals surface area contributed by atoms with E-state index in [0.717, 1.165) is 0 Å². The Kier molecular flexibility index (Phi) is 3.82. The van der Waals surface area contributed by atoms with Gasteiger partial charge in [-0.25, -0.2) is 13.2 Å². The first-order valence-corrected chi connectivity index (χ1v) is 7.63. The van der Waals surface area contributed by atoms with Crippen LogP contribution in [-0.4, -0.2) is 29.5 Å². The van der Waals surface area contributed by atoms with Crippen molar-refractivity contribution in [3.63, 3.8) is 0 Å². The van der Waals surface area contributed by atoms with Crippen molar-refractivity contribution >= 4 is 37.6 Å². The van der Waals surface area contributed by atoms with Crippen molar-refractivity contribution in [2.24, 2.45) is 0 Å². The van der Waals surface area contributed by atoms with E-state index in [1.165, 1.54) is 24.7 Å². The van der Waals surface area contributed by atoms with Gasteiger partial charge < -0.3 is 10.1 Å². The highest BCUT2D eigenvalue weighted by Gasteiger charge is 2.21. The summed E-state index contributed by atoms with van der Waals surface area (Å²) in [5.74, 6) is -1.21. The van der Waals surface area contributed by atoms with Crippen LogP contribution in [0, 0.1) is 6.92 Å². The second-order valence-electron chi connectivity index (χ2n) is 3.95. The van der Waals surface area contributed by atoms with Crippen LogP contribution in [0.2, 0.25) is 0 Å². The molecule has 0 aliphatic heterocycles. The first kappa shape index (κ1) is 14.5. The van der Waals surface area contributed by atoms with Crippen molar-refractivity contribution in [3.05, 3.63) is 40.4 Å². The average molecular weight is 360 g/mol. The van der Waals surface area contributed by atoms with Crippen LogP contribution in [0.1, 0.15) is 16.1 Å². The van der Waals surface area contributed by atoms with Crippen LogP contribution in [0.25, 0.3) is 0 Å². The molecule has 2 aromatic heterocycles. The maximum absolute atomic E-state index is 12.2. The molecule has 2 rings (SSSR count). The molecule has 0 bridgehead atoms. The minimum absolute atomic E-state index is 0.0185. The molecule has 0 saturated carbocycles. The van der Waals surface area contributed by atoms with E-state index in [0.29, 0.717) is 10.2 Å². The second-order valence-corrected chi connectivity index (χ2v) is 6.55. The largest absolute Gasteiger partial charge is 0.478 e. The van der Waals surface area contributed by atoms with Crippen LogP contribution in [0.3, 0.4) is 0 Å². The Labute approximate surface area is 123 Å². The number of carboxylic acids is 1. The maximum Gasteiger partial charge on any atom is 0.339 e. The highest BCUT2D eigenvalue weighted by atomic mass is 79.9. The molecule has 9 heteroatoms. The normalized spacial score (nSPS) is 11.3. The van der Waals surface area contributed by atoms with Crippen LogP contribution in [0.5, 0.6) is 0 Å². The van der Waals surface area contributed by atoms with Gasteiger partial charge in [0.05, 0.1) is 5.69 Å². The lowest BCUT2D eigenvalue weighted by Gasteiger charge is -2.07. The standard InChI is InChI=1S/C11H10BrN3O4S/c1-6-10(11(16)17)9(5-14-6)15-20(18,19)8-2-7(12)3-13-4-8/h2-5,14-15H,1H3,(H,16,17).